The van der Waals surface area contributed by atoms with E-state index in [2.05, 4.69) is 5.32 Å². The van der Waals surface area contributed by atoms with E-state index in [9.17, 15) is 14.4 Å². The van der Waals surface area contributed by atoms with Crippen LogP contribution in [0.25, 0.3) is 0 Å². The molecule has 1 N–H and O–H groups in total. The van der Waals surface area contributed by atoms with E-state index in [4.69, 9.17) is 16.3 Å². The van der Waals surface area contributed by atoms with Gasteiger partial charge in [0.15, 0.2) is 5.54 Å². The molecule has 2 aromatic rings. The molecule has 0 radical (unpaired) electrons. The summed E-state index contributed by atoms with van der Waals surface area (Å²) in [4.78, 5) is 40.7. The first-order valence-electron chi connectivity index (χ1n) is 9.21. The predicted molar refractivity (Wildman–Crippen MR) is 102 cm³/mol. The quantitative estimate of drug-likeness (QED) is 0.593. The molecule has 2 aromatic carbocycles. The third kappa shape index (κ3) is 2.01. The Bertz CT molecular complexity index is 1050. The maximum absolute atomic E-state index is 13.5. The van der Waals surface area contributed by atoms with Crippen LogP contribution in [-0.4, -0.2) is 29.2 Å². The number of fused-ring (bicyclic) bond motifs is 6. The summed E-state index contributed by atoms with van der Waals surface area (Å²) in [6.45, 7) is 1.89. The van der Waals surface area contributed by atoms with Crippen molar-refractivity contribution in [2.45, 2.75) is 24.8 Å². The largest absolute Gasteiger partial charge is 0.426 e. The molecular formula is C21H17ClN2O4. The lowest BCUT2D eigenvalue weighted by Gasteiger charge is -2.39. The Kier molecular flexibility index (Phi) is 3.58. The zero-order chi connectivity index (χ0) is 19.6. The van der Waals surface area contributed by atoms with Crippen LogP contribution in [0.1, 0.15) is 30.4 Å². The van der Waals surface area contributed by atoms with Crippen molar-refractivity contribution in [3.63, 3.8) is 0 Å². The van der Waals surface area contributed by atoms with Gasteiger partial charge in [0.05, 0.1) is 5.92 Å². The molecule has 7 heteroatoms. The molecule has 0 bridgehead atoms. The van der Waals surface area contributed by atoms with Crippen LogP contribution in [0.4, 0.5) is 5.69 Å². The molecule has 1 saturated heterocycles. The maximum atomic E-state index is 13.5. The lowest BCUT2D eigenvalue weighted by atomic mass is 9.71. The summed E-state index contributed by atoms with van der Waals surface area (Å²) in [5, 5.41) is 3.38. The van der Waals surface area contributed by atoms with Crippen molar-refractivity contribution < 1.29 is 19.1 Å². The second kappa shape index (κ2) is 5.82. The van der Waals surface area contributed by atoms with Crippen LogP contribution in [0.2, 0.25) is 5.02 Å². The number of para-hydroxylation sites is 1. The van der Waals surface area contributed by atoms with Gasteiger partial charge in [-0.15, -0.1) is 0 Å². The Morgan fingerprint density at radius 1 is 1.29 bits per heavy atom. The van der Waals surface area contributed by atoms with Crippen molar-refractivity contribution >= 4 is 35.1 Å². The Labute approximate surface area is 166 Å². The number of benzene rings is 2. The molecule has 0 aromatic heterocycles. The normalized spacial score (nSPS) is 27.1. The number of hydrogen-bond acceptors (Lipinski definition) is 4. The predicted octanol–water partition coefficient (Wildman–Crippen LogP) is 3.06. The smallest absolute Gasteiger partial charge is 0.316 e. The minimum absolute atomic E-state index is 0.139. The van der Waals surface area contributed by atoms with E-state index in [0.717, 1.165) is 5.56 Å². The second-order valence-electron chi connectivity index (χ2n) is 7.31. The van der Waals surface area contributed by atoms with Gasteiger partial charge >= 0.3 is 5.97 Å². The highest BCUT2D eigenvalue weighted by atomic mass is 35.5. The van der Waals surface area contributed by atoms with Gasteiger partial charge in [-0.3, -0.25) is 14.4 Å². The molecule has 3 heterocycles. The number of likely N-dealkylation sites (tertiary alicyclic amines) is 1. The average molecular weight is 397 g/mol. The topological polar surface area (TPSA) is 75.7 Å². The summed E-state index contributed by atoms with van der Waals surface area (Å²) in [6, 6.07) is 12.4. The van der Waals surface area contributed by atoms with Crippen LogP contribution in [0, 0.1) is 5.92 Å². The lowest BCUT2D eigenvalue weighted by molar-refractivity contribution is -0.143. The van der Waals surface area contributed by atoms with Crippen LogP contribution < -0.4 is 10.1 Å². The van der Waals surface area contributed by atoms with Crippen molar-refractivity contribution in [1.82, 2.24) is 4.90 Å². The third-order valence-electron chi connectivity index (χ3n) is 6.01. The van der Waals surface area contributed by atoms with Crippen LogP contribution in [0.3, 0.4) is 0 Å². The van der Waals surface area contributed by atoms with E-state index in [1.54, 1.807) is 42.2 Å². The number of carbonyl (C=O) groups excluding carboxylic acids is 3. The Morgan fingerprint density at radius 2 is 2.07 bits per heavy atom. The maximum Gasteiger partial charge on any atom is 0.316 e. The van der Waals surface area contributed by atoms with Gasteiger partial charge in [0, 0.05) is 40.7 Å². The SMILES string of the molecule is CCC(=O)N1CC2C(=O)Oc3ccccc3C2C12C(=O)Nc1cc(Cl)ccc12. The fraction of sp³-hybridized carbons (Fsp3) is 0.286. The molecular weight excluding hydrogens is 380 g/mol. The van der Waals surface area contributed by atoms with Crippen molar-refractivity contribution in [1.29, 1.82) is 0 Å². The number of ether oxygens (including phenoxy) is 1. The van der Waals surface area contributed by atoms with E-state index in [1.807, 2.05) is 12.1 Å². The molecule has 28 heavy (non-hydrogen) atoms. The molecule has 3 atom stereocenters. The van der Waals surface area contributed by atoms with Crippen molar-refractivity contribution in [3.05, 3.63) is 58.6 Å². The van der Waals surface area contributed by atoms with Gasteiger partial charge in [0.1, 0.15) is 5.75 Å². The van der Waals surface area contributed by atoms with Gasteiger partial charge in [0.25, 0.3) is 5.91 Å². The molecule has 3 unspecified atom stereocenters. The van der Waals surface area contributed by atoms with Crippen LogP contribution in [0.15, 0.2) is 42.5 Å². The molecule has 3 aliphatic rings. The molecule has 0 saturated carbocycles. The van der Waals surface area contributed by atoms with Gasteiger partial charge in [0.2, 0.25) is 5.91 Å². The van der Waals surface area contributed by atoms with E-state index in [-0.39, 0.29) is 24.8 Å². The fourth-order valence-electron chi connectivity index (χ4n) is 4.93. The van der Waals surface area contributed by atoms with Crippen LogP contribution in [-0.2, 0) is 19.9 Å². The zero-order valence-electron chi connectivity index (χ0n) is 15.1. The Hall–Kier alpha value is -2.86. The van der Waals surface area contributed by atoms with Gasteiger partial charge in [-0.05, 0) is 18.2 Å². The molecule has 3 aliphatic heterocycles. The summed E-state index contributed by atoms with van der Waals surface area (Å²) >= 11 is 6.13. The number of amides is 2. The first-order valence-corrected chi connectivity index (χ1v) is 9.58. The van der Waals surface area contributed by atoms with Gasteiger partial charge in [-0.1, -0.05) is 42.8 Å². The van der Waals surface area contributed by atoms with Gasteiger partial charge in [-0.25, -0.2) is 0 Å². The van der Waals surface area contributed by atoms with E-state index >= 15 is 0 Å². The standard InChI is InChI=1S/C21H17ClN2O4/c1-2-17(25)24-10-13-18(12-5-3-4-6-16(12)28-19(13)26)21(24)14-8-7-11(22)9-15(14)23-20(21)27/h3-9,13,18H,2,10H2,1H3,(H,23,27). The number of hydrogen-bond donors (Lipinski definition) is 1. The summed E-state index contributed by atoms with van der Waals surface area (Å²) in [7, 11) is 0. The van der Waals surface area contributed by atoms with Crippen molar-refractivity contribution in [2.24, 2.45) is 5.92 Å². The Balaban J connectivity index is 1.83. The first kappa shape index (κ1) is 17.3. The van der Waals surface area contributed by atoms with Gasteiger partial charge < -0.3 is 15.0 Å². The summed E-state index contributed by atoms with van der Waals surface area (Å²) in [5.41, 5.74) is 0.702. The van der Waals surface area contributed by atoms with E-state index in [1.165, 1.54) is 0 Å². The lowest BCUT2D eigenvalue weighted by Crippen LogP contribution is -2.52. The molecule has 0 aliphatic carbocycles. The minimum atomic E-state index is -1.30. The monoisotopic (exact) mass is 396 g/mol. The molecule has 142 valence electrons. The number of carbonyl (C=O) groups is 3. The molecule has 6 nitrogen and oxygen atoms in total. The van der Waals surface area contributed by atoms with Crippen LogP contribution in [0.5, 0.6) is 5.75 Å². The number of nitrogens with one attached hydrogen (secondary N) is 1. The number of anilines is 1. The third-order valence-corrected chi connectivity index (χ3v) is 6.25. The van der Waals surface area contributed by atoms with E-state index < -0.39 is 23.3 Å². The number of rotatable bonds is 1. The molecule has 5 rings (SSSR count). The second-order valence-corrected chi connectivity index (χ2v) is 7.75. The van der Waals surface area contributed by atoms with Crippen molar-refractivity contribution in [2.75, 3.05) is 11.9 Å². The van der Waals surface area contributed by atoms with E-state index in [0.29, 0.717) is 22.0 Å². The minimum Gasteiger partial charge on any atom is -0.426 e. The average Bonchev–Trinajstić information content (AvgIpc) is 3.18. The molecule has 1 spiro atoms. The van der Waals surface area contributed by atoms with Gasteiger partial charge in [-0.2, -0.15) is 0 Å². The number of halogens is 1. The highest BCUT2D eigenvalue weighted by Crippen LogP contribution is 2.60. The number of nitrogens with zero attached hydrogens (tertiary/aromatic N) is 1. The van der Waals surface area contributed by atoms with Crippen LogP contribution >= 0.6 is 11.6 Å². The van der Waals surface area contributed by atoms with Crippen molar-refractivity contribution in [3.8, 4) is 5.75 Å². The summed E-state index contributed by atoms with van der Waals surface area (Å²) in [5.74, 6) is -1.61. The fourth-order valence-corrected chi connectivity index (χ4v) is 5.10. The highest BCUT2D eigenvalue weighted by Gasteiger charge is 2.67. The first-order chi connectivity index (χ1) is 13.5. The highest BCUT2D eigenvalue weighted by molar-refractivity contribution is 6.31. The summed E-state index contributed by atoms with van der Waals surface area (Å²) in [6.07, 6.45) is 0.230. The molecule has 2 amide bonds. The Morgan fingerprint density at radius 3 is 2.86 bits per heavy atom. The zero-order valence-corrected chi connectivity index (χ0v) is 15.8. The summed E-state index contributed by atoms with van der Waals surface area (Å²) < 4.78 is 5.52. The number of esters is 1. The molecule has 1 fully saturated rings.